The zero-order valence-corrected chi connectivity index (χ0v) is 16.8. The lowest BCUT2D eigenvalue weighted by Gasteiger charge is -2.23. The lowest BCUT2D eigenvalue weighted by molar-refractivity contribution is 0.354. The van der Waals surface area contributed by atoms with Crippen molar-refractivity contribution in [2.24, 2.45) is 0 Å². The molecule has 1 aromatic heterocycles. The van der Waals surface area contributed by atoms with Crippen LogP contribution in [0.4, 0.5) is 17.5 Å². The molecule has 0 radical (unpaired) electrons. The minimum atomic E-state index is 0.584. The summed E-state index contributed by atoms with van der Waals surface area (Å²) in [6, 6.07) is 18.1. The Morgan fingerprint density at radius 1 is 0.929 bits per heavy atom. The first-order valence-corrected chi connectivity index (χ1v) is 9.27. The van der Waals surface area contributed by atoms with Gasteiger partial charge in [-0.25, -0.2) is 4.98 Å². The minimum absolute atomic E-state index is 0.584. The van der Waals surface area contributed by atoms with E-state index in [1.807, 2.05) is 49.4 Å². The highest BCUT2D eigenvalue weighted by Crippen LogP contribution is 2.28. The van der Waals surface area contributed by atoms with Crippen LogP contribution in [0.1, 0.15) is 18.2 Å². The number of nitrogens with one attached hydrogen (secondary N) is 1. The second-order valence-electron chi connectivity index (χ2n) is 6.31. The quantitative estimate of drug-likeness (QED) is 0.619. The molecule has 0 fully saturated rings. The highest BCUT2D eigenvalue weighted by molar-refractivity contribution is 5.61. The Morgan fingerprint density at radius 3 is 2.36 bits per heavy atom. The summed E-state index contributed by atoms with van der Waals surface area (Å²) in [7, 11) is 3.26. The number of aromatic nitrogens is 2. The zero-order valence-electron chi connectivity index (χ0n) is 16.8. The molecule has 0 aliphatic rings. The van der Waals surface area contributed by atoms with Crippen LogP contribution in [0.3, 0.4) is 0 Å². The first kappa shape index (κ1) is 19.5. The Hall–Kier alpha value is -3.28. The van der Waals surface area contributed by atoms with Gasteiger partial charge in [0.2, 0.25) is 5.95 Å². The molecule has 6 heteroatoms. The van der Waals surface area contributed by atoms with Crippen LogP contribution in [0, 0.1) is 6.92 Å². The van der Waals surface area contributed by atoms with Crippen molar-refractivity contribution in [2.45, 2.75) is 20.4 Å². The minimum Gasteiger partial charge on any atom is -0.493 e. The number of rotatable bonds is 8. The van der Waals surface area contributed by atoms with E-state index in [1.165, 1.54) is 0 Å². The van der Waals surface area contributed by atoms with Crippen molar-refractivity contribution in [1.82, 2.24) is 9.97 Å². The van der Waals surface area contributed by atoms with Gasteiger partial charge in [0.1, 0.15) is 5.82 Å². The van der Waals surface area contributed by atoms with E-state index in [-0.39, 0.29) is 0 Å². The van der Waals surface area contributed by atoms with Gasteiger partial charge in [-0.15, -0.1) is 0 Å². The Balaban J connectivity index is 1.80. The van der Waals surface area contributed by atoms with E-state index in [2.05, 4.69) is 34.3 Å². The number of hydrogen-bond donors (Lipinski definition) is 1. The SMILES string of the molecule is CCN(c1ccccc1)c1cc(C)nc(NCc2ccc(OC)c(OC)c2)n1. The van der Waals surface area contributed by atoms with Gasteiger partial charge in [0, 0.05) is 30.5 Å². The Morgan fingerprint density at radius 2 is 1.68 bits per heavy atom. The lowest BCUT2D eigenvalue weighted by Crippen LogP contribution is -2.18. The van der Waals surface area contributed by atoms with Crippen molar-refractivity contribution >= 4 is 17.5 Å². The normalized spacial score (nSPS) is 10.4. The fourth-order valence-electron chi connectivity index (χ4n) is 3.03. The largest absolute Gasteiger partial charge is 0.493 e. The van der Waals surface area contributed by atoms with E-state index in [4.69, 9.17) is 14.5 Å². The monoisotopic (exact) mass is 378 g/mol. The van der Waals surface area contributed by atoms with E-state index in [0.29, 0.717) is 24.0 Å². The molecule has 0 atom stereocenters. The summed E-state index contributed by atoms with van der Waals surface area (Å²) in [4.78, 5) is 11.4. The number of hydrogen-bond acceptors (Lipinski definition) is 6. The molecule has 6 nitrogen and oxygen atoms in total. The molecule has 3 aromatic rings. The molecule has 0 saturated heterocycles. The van der Waals surface area contributed by atoms with Crippen molar-refractivity contribution in [1.29, 1.82) is 0 Å². The summed E-state index contributed by atoms with van der Waals surface area (Å²) in [5, 5.41) is 3.32. The van der Waals surface area contributed by atoms with E-state index in [9.17, 15) is 0 Å². The standard InChI is InChI=1S/C22H26N4O2/c1-5-26(18-9-7-6-8-10-18)21-13-16(2)24-22(25-21)23-15-17-11-12-19(27-3)20(14-17)28-4/h6-14H,5,15H2,1-4H3,(H,23,24,25). The maximum Gasteiger partial charge on any atom is 0.225 e. The van der Waals surface area contributed by atoms with Gasteiger partial charge in [0.05, 0.1) is 14.2 Å². The van der Waals surface area contributed by atoms with Gasteiger partial charge in [0.15, 0.2) is 11.5 Å². The van der Waals surface area contributed by atoms with Gasteiger partial charge in [-0.1, -0.05) is 24.3 Å². The molecule has 0 unspecified atom stereocenters. The molecule has 0 amide bonds. The summed E-state index contributed by atoms with van der Waals surface area (Å²) in [6.45, 7) is 5.49. The third-order valence-electron chi connectivity index (χ3n) is 4.40. The summed E-state index contributed by atoms with van der Waals surface area (Å²) < 4.78 is 10.7. The number of methoxy groups -OCH3 is 2. The smallest absolute Gasteiger partial charge is 0.225 e. The molecule has 0 aliphatic heterocycles. The second-order valence-corrected chi connectivity index (χ2v) is 6.31. The van der Waals surface area contributed by atoms with Gasteiger partial charge < -0.3 is 19.7 Å². The van der Waals surface area contributed by atoms with Crippen LogP contribution < -0.4 is 19.7 Å². The molecule has 0 bridgehead atoms. The predicted octanol–water partition coefficient (Wildman–Crippen LogP) is 4.57. The molecule has 146 valence electrons. The Labute approximate surface area is 166 Å². The van der Waals surface area contributed by atoms with Crippen LogP contribution in [-0.4, -0.2) is 30.7 Å². The first-order chi connectivity index (χ1) is 13.6. The molecular formula is C22H26N4O2. The van der Waals surface area contributed by atoms with Gasteiger partial charge in [-0.05, 0) is 43.7 Å². The lowest BCUT2D eigenvalue weighted by atomic mass is 10.2. The number of nitrogens with zero attached hydrogens (tertiary/aromatic N) is 3. The van der Waals surface area contributed by atoms with Crippen LogP contribution >= 0.6 is 0 Å². The van der Waals surface area contributed by atoms with E-state index < -0.39 is 0 Å². The molecule has 1 heterocycles. The average Bonchev–Trinajstić information content (AvgIpc) is 2.73. The molecule has 0 aliphatic carbocycles. The fourth-order valence-corrected chi connectivity index (χ4v) is 3.03. The summed E-state index contributed by atoms with van der Waals surface area (Å²) in [5.74, 6) is 2.88. The van der Waals surface area contributed by atoms with Crippen LogP contribution in [0.25, 0.3) is 0 Å². The summed E-state index contributed by atoms with van der Waals surface area (Å²) in [5.41, 5.74) is 3.07. The topological polar surface area (TPSA) is 59.5 Å². The van der Waals surface area contributed by atoms with Crippen molar-refractivity contribution in [3.05, 3.63) is 65.9 Å². The molecular weight excluding hydrogens is 352 g/mol. The third-order valence-corrected chi connectivity index (χ3v) is 4.40. The summed E-state index contributed by atoms with van der Waals surface area (Å²) >= 11 is 0. The fraction of sp³-hybridized carbons (Fsp3) is 0.273. The van der Waals surface area contributed by atoms with Crippen LogP contribution in [0.15, 0.2) is 54.6 Å². The van der Waals surface area contributed by atoms with Gasteiger partial charge in [-0.2, -0.15) is 4.98 Å². The number of ether oxygens (including phenoxy) is 2. The Kier molecular flexibility index (Phi) is 6.32. The van der Waals surface area contributed by atoms with Crippen molar-refractivity contribution in [3.8, 4) is 11.5 Å². The van der Waals surface area contributed by atoms with Gasteiger partial charge >= 0.3 is 0 Å². The number of para-hydroxylation sites is 1. The molecule has 1 N–H and O–H groups in total. The van der Waals surface area contributed by atoms with Crippen LogP contribution in [-0.2, 0) is 6.54 Å². The van der Waals surface area contributed by atoms with Crippen molar-refractivity contribution < 1.29 is 9.47 Å². The first-order valence-electron chi connectivity index (χ1n) is 9.27. The average molecular weight is 378 g/mol. The maximum absolute atomic E-state index is 5.37. The molecule has 28 heavy (non-hydrogen) atoms. The molecule has 3 rings (SSSR count). The summed E-state index contributed by atoms with van der Waals surface area (Å²) in [6.07, 6.45) is 0. The van der Waals surface area contributed by atoms with Crippen LogP contribution in [0.5, 0.6) is 11.5 Å². The third kappa shape index (κ3) is 4.52. The highest BCUT2D eigenvalue weighted by atomic mass is 16.5. The second kappa shape index (κ2) is 9.08. The number of benzene rings is 2. The Bertz CT molecular complexity index is 916. The van der Waals surface area contributed by atoms with E-state index in [0.717, 1.165) is 29.3 Å². The van der Waals surface area contributed by atoms with Crippen molar-refractivity contribution in [3.63, 3.8) is 0 Å². The zero-order chi connectivity index (χ0) is 19.9. The highest BCUT2D eigenvalue weighted by Gasteiger charge is 2.11. The molecule has 2 aromatic carbocycles. The molecule has 0 saturated carbocycles. The van der Waals surface area contributed by atoms with Gasteiger partial charge in [0.25, 0.3) is 0 Å². The predicted molar refractivity (Wildman–Crippen MR) is 113 cm³/mol. The van der Waals surface area contributed by atoms with Gasteiger partial charge in [-0.3, -0.25) is 0 Å². The van der Waals surface area contributed by atoms with Crippen molar-refractivity contribution in [2.75, 3.05) is 31.0 Å². The van der Waals surface area contributed by atoms with Crippen LogP contribution in [0.2, 0.25) is 0 Å². The molecule has 0 spiro atoms. The number of aryl methyl sites for hydroxylation is 1. The van der Waals surface area contributed by atoms with E-state index in [1.54, 1.807) is 14.2 Å². The maximum atomic E-state index is 5.37. The number of anilines is 3. The van der Waals surface area contributed by atoms with E-state index >= 15 is 0 Å².